The first-order chi connectivity index (χ1) is 7.66. The van der Waals surface area contributed by atoms with Crippen LogP contribution in [0.25, 0.3) is 0 Å². The third kappa shape index (κ3) is 7.04. The van der Waals surface area contributed by atoms with Crippen LogP contribution in [0.3, 0.4) is 0 Å². The van der Waals surface area contributed by atoms with Crippen LogP contribution in [-0.4, -0.2) is 45.0 Å². The number of rotatable bonds is 4. The normalized spacial score (nSPS) is 20.7. The number of piperidine rings is 1. The summed E-state index contributed by atoms with van der Waals surface area (Å²) < 4.78 is 22.2. The van der Waals surface area contributed by atoms with Crippen LogP contribution in [0.1, 0.15) is 40.0 Å². The van der Waals surface area contributed by atoms with Gasteiger partial charge in [-0.1, -0.05) is 20.8 Å². The lowest BCUT2D eigenvalue weighted by atomic mass is 9.80. The third-order valence-corrected chi connectivity index (χ3v) is 4.31. The van der Waals surface area contributed by atoms with Crippen LogP contribution in [0, 0.1) is 11.3 Å². The molecule has 17 heavy (non-hydrogen) atoms. The van der Waals surface area contributed by atoms with Gasteiger partial charge in [-0.2, -0.15) is 0 Å². The predicted molar refractivity (Wildman–Crippen MR) is 72.9 cm³/mol. The summed E-state index contributed by atoms with van der Waals surface area (Å²) in [5.74, 6) is 1.13. The zero-order chi connectivity index (χ0) is 13.1. The van der Waals surface area contributed by atoms with Gasteiger partial charge in [0.2, 0.25) is 0 Å². The molecule has 1 heterocycles. The van der Waals surface area contributed by atoms with Crippen molar-refractivity contribution in [3.8, 4) is 0 Å². The highest BCUT2D eigenvalue weighted by molar-refractivity contribution is 7.90. The van der Waals surface area contributed by atoms with E-state index in [4.69, 9.17) is 0 Å². The fourth-order valence-electron chi connectivity index (χ4n) is 2.58. The van der Waals surface area contributed by atoms with Crippen LogP contribution in [0.2, 0.25) is 0 Å². The van der Waals surface area contributed by atoms with Crippen LogP contribution in [-0.2, 0) is 9.84 Å². The Balaban J connectivity index is 2.27. The molecule has 102 valence electrons. The molecule has 0 bridgehead atoms. The van der Waals surface area contributed by atoms with Gasteiger partial charge in [0, 0.05) is 12.8 Å². The molecule has 0 saturated carbocycles. The number of hydrogen-bond acceptors (Lipinski definition) is 3. The number of likely N-dealkylation sites (tertiary alicyclic amines) is 1. The summed E-state index contributed by atoms with van der Waals surface area (Å²) in [6, 6.07) is 0. The van der Waals surface area contributed by atoms with Crippen molar-refractivity contribution >= 4 is 9.84 Å². The quantitative estimate of drug-likeness (QED) is 0.778. The van der Waals surface area contributed by atoms with E-state index < -0.39 is 9.84 Å². The molecule has 0 aliphatic carbocycles. The molecule has 1 rings (SSSR count). The minimum Gasteiger partial charge on any atom is -0.302 e. The molecule has 0 atom stereocenters. The lowest BCUT2D eigenvalue weighted by Crippen LogP contribution is -2.37. The van der Waals surface area contributed by atoms with E-state index >= 15 is 0 Å². The third-order valence-electron chi connectivity index (χ3n) is 3.39. The molecular formula is C13H27NO2S. The van der Waals surface area contributed by atoms with Crippen molar-refractivity contribution in [2.45, 2.75) is 40.0 Å². The first-order valence-electron chi connectivity index (χ1n) is 6.56. The highest BCUT2D eigenvalue weighted by atomic mass is 32.2. The Kier molecular flexibility index (Phi) is 5.02. The van der Waals surface area contributed by atoms with Gasteiger partial charge in [0.25, 0.3) is 0 Å². The molecule has 0 amide bonds. The topological polar surface area (TPSA) is 37.4 Å². The van der Waals surface area contributed by atoms with E-state index in [-0.39, 0.29) is 0 Å². The standard InChI is InChI=1S/C13H27NO2S/c1-13(2,3)11-12-5-7-14(8-6-12)9-10-17(4,15)16/h12H,5-11H2,1-4H3. The van der Waals surface area contributed by atoms with E-state index in [9.17, 15) is 8.42 Å². The van der Waals surface area contributed by atoms with Gasteiger partial charge < -0.3 is 4.90 Å². The van der Waals surface area contributed by atoms with Gasteiger partial charge in [0.1, 0.15) is 9.84 Å². The van der Waals surface area contributed by atoms with Crippen molar-refractivity contribution in [2.75, 3.05) is 31.6 Å². The average molecular weight is 261 g/mol. The molecule has 0 N–H and O–H groups in total. The molecule has 1 aliphatic heterocycles. The number of sulfone groups is 1. The summed E-state index contributed by atoms with van der Waals surface area (Å²) in [5.41, 5.74) is 0.416. The first kappa shape index (κ1) is 15.0. The minimum absolute atomic E-state index is 0.303. The Morgan fingerprint density at radius 2 is 1.71 bits per heavy atom. The lowest BCUT2D eigenvalue weighted by Gasteiger charge is -2.34. The fraction of sp³-hybridized carbons (Fsp3) is 1.00. The minimum atomic E-state index is -2.81. The van der Waals surface area contributed by atoms with Crippen molar-refractivity contribution in [1.82, 2.24) is 4.90 Å². The number of nitrogens with zero attached hydrogens (tertiary/aromatic N) is 1. The van der Waals surface area contributed by atoms with E-state index in [1.54, 1.807) is 0 Å². The monoisotopic (exact) mass is 261 g/mol. The Labute approximate surface area is 106 Å². The molecule has 4 heteroatoms. The van der Waals surface area contributed by atoms with Gasteiger partial charge in [0.15, 0.2) is 0 Å². The Morgan fingerprint density at radius 3 is 2.12 bits per heavy atom. The summed E-state index contributed by atoms with van der Waals surface area (Å²) in [6.45, 7) is 9.72. The molecule has 3 nitrogen and oxygen atoms in total. The molecule has 0 aromatic heterocycles. The SMILES string of the molecule is CC(C)(C)CC1CCN(CCS(C)(=O)=O)CC1. The van der Waals surface area contributed by atoms with Gasteiger partial charge in [-0.25, -0.2) is 8.42 Å². The lowest BCUT2D eigenvalue weighted by molar-refractivity contribution is 0.158. The zero-order valence-electron chi connectivity index (χ0n) is 11.7. The highest BCUT2D eigenvalue weighted by Crippen LogP contribution is 2.30. The van der Waals surface area contributed by atoms with Crippen LogP contribution in [0.4, 0.5) is 0 Å². The predicted octanol–water partition coefficient (Wildman–Crippen LogP) is 2.18. The maximum absolute atomic E-state index is 11.1. The molecule has 0 unspecified atom stereocenters. The summed E-state index contributed by atoms with van der Waals surface area (Å²) in [6.07, 6.45) is 5.05. The molecule has 1 aliphatic rings. The van der Waals surface area contributed by atoms with Crippen LogP contribution >= 0.6 is 0 Å². The Bertz CT molecular complexity index is 322. The Hall–Kier alpha value is -0.0900. The van der Waals surface area contributed by atoms with Gasteiger partial charge in [0.05, 0.1) is 5.75 Å². The summed E-state index contributed by atoms with van der Waals surface area (Å²) in [7, 11) is -2.81. The molecule has 0 aromatic rings. The van der Waals surface area contributed by atoms with Crippen molar-refractivity contribution < 1.29 is 8.42 Å². The molecule has 0 radical (unpaired) electrons. The number of hydrogen-bond donors (Lipinski definition) is 0. The molecule has 1 saturated heterocycles. The van der Waals surface area contributed by atoms with Gasteiger partial charge in [-0.3, -0.25) is 0 Å². The van der Waals surface area contributed by atoms with Crippen molar-refractivity contribution in [1.29, 1.82) is 0 Å². The first-order valence-corrected chi connectivity index (χ1v) is 8.62. The summed E-state index contributed by atoms with van der Waals surface area (Å²) >= 11 is 0. The highest BCUT2D eigenvalue weighted by Gasteiger charge is 2.23. The van der Waals surface area contributed by atoms with Crippen molar-refractivity contribution in [3.63, 3.8) is 0 Å². The van der Waals surface area contributed by atoms with E-state index in [1.807, 2.05) is 0 Å². The maximum Gasteiger partial charge on any atom is 0.148 e. The van der Waals surface area contributed by atoms with Gasteiger partial charge in [-0.05, 0) is 43.7 Å². The summed E-state index contributed by atoms with van der Waals surface area (Å²) in [4.78, 5) is 2.29. The second-order valence-corrected chi connectivity index (χ2v) is 8.94. The van der Waals surface area contributed by atoms with Crippen molar-refractivity contribution in [3.05, 3.63) is 0 Å². The smallest absolute Gasteiger partial charge is 0.148 e. The molecule has 0 aromatic carbocycles. The fourth-order valence-corrected chi connectivity index (χ4v) is 3.16. The second kappa shape index (κ2) is 5.70. The van der Waals surface area contributed by atoms with E-state index in [0.717, 1.165) is 19.0 Å². The van der Waals surface area contributed by atoms with Crippen LogP contribution in [0.5, 0.6) is 0 Å². The van der Waals surface area contributed by atoms with Gasteiger partial charge >= 0.3 is 0 Å². The van der Waals surface area contributed by atoms with Crippen LogP contribution in [0.15, 0.2) is 0 Å². The van der Waals surface area contributed by atoms with Crippen molar-refractivity contribution in [2.24, 2.45) is 11.3 Å². The zero-order valence-corrected chi connectivity index (χ0v) is 12.5. The van der Waals surface area contributed by atoms with Gasteiger partial charge in [-0.15, -0.1) is 0 Å². The molecular weight excluding hydrogens is 234 g/mol. The average Bonchev–Trinajstić information content (AvgIpc) is 2.13. The van der Waals surface area contributed by atoms with E-state index in [2.05, 4.69) is 25.7 Å². The Morgan fingerprint density at radius 1 is 1.18 bits per heavy atom. The second-order valence-electron chi connectivity index (χ2n) is 6.68. The molecule has 0 spiro atoms. The maximum atomic E-state index is 11.1. The van der Waals surface area contributed by atoms with E-state index in [1.165, 1.54) is 25.5 Å². The van der Waals surface area contributed by atoms with Crippen LogP contribution < -0.4 is 0 Å². The molecule has 1 fully saturated rings. The summed E-state index contributed by atoms with van der Waals surface area (Å²) in [5, 5.41) is 0. The largest absolute Gasteiger partial charge is 0.302 e. The van der Waals surface area contributed by atoms with E-state index in [0.29, 0.717) is 17.7 Å².